The van der Waals surface area contributed by atoms with E-state index in [-0.39, 0.29) is 6.04 Å². The van der Waals surface area contributed by atoms with Crippen molar-refractivity contribution in [1.82, 2.24) is 5.32 Å². The standard InChI is InChI=1S/C13H16F2N2O2/c14-8-4-3-5-9(15)12(8)17-13(19)16-10-6-1-2-7-11(10)18/h3-5,10-11,18H,1-2,6-7H2,(H2,16,17,19). The average Bonchev–Trinajstić information content (AvgIpc) is 2.37. The Hall–Kier alpha value is -1.69. The molecule has 19 heavy (non-hydrogen) atoms. The van der Waals surface area contributed by atoms with Gasteiger partial charge >= 0.3 is 6.03 Å². The Labute approximate surface area is 109 Å². The van der Waals surface area contributed by atoms with Crippen LogP contribution in [-0.2, 0) is 0 Å². The van der Waals surface area contributed by atoms with Crippen LogP contribution < -0.4 is 10.6 Å². The van der Waals surface area contributed by atoms with Crippen molar-refractivity contribution in [2.75, 3.05) is 5.32 Å². The van der Waals surface area contributed by atoms with E-state index < -0.39 is 29.5 Å². The van der Waals surface area contributed by atoms with E-state index in [9.17, 15) is 18.7 Å². The number of rotatable bonds is 2. The van der Waals surface area contributed by atoms with Crippen LogP contribution in [0.1, 0.15) is 25.7 Å². The van der Waals surface area contributed by atoms with Gasteiger partial charge in [0.05, 0.1) is 12.1 Å². The summed E-state index contributed by atoms with van der Waals surface area (Å²) in [6, 6.07) is 2.26. The molecule has 104 valence electrons. The Balaban J connectivity index is 1.97. The fourth-order valence-electron chi connectivity index (χ4n) is 2.21. The van der Waals surface area contributed by atoms with Gasteiger partial charge in [-0.3, -0.25) is 0 Å². The van der Waals surface area contributed by atoms with Gasteiger partial charge in [-0.1, -0.05) is 18.9 Å². The largest absolute Gasteiger partial charge is 0.391 e. The first kappa shape index (κ1) is 13.7. The fraction of sp³-hybridized carbons (Fsp3) is 0.462. The summed E-state index contributed by atoms with van der Waals surface area (Å²) in [4.78, 5) is 11.7. The molecule has 1 aromatic carbocycles. The SMILES string of the molecule is O=C(Nc1c(F)cccc1F)NC1CCCCC1O. The normalized spacial score (nSPS) is 22.9. The fourth-order valence-corrected chi connectivity index (χ4v) is 2.21. The number of aliphatic hydroxyl groups is 1. The Bertz CT molecular complexity index is 448. The number of aliphatic hydroxyl groups excluding tert-OH is 1. The van der Waals surface area contributed by atoms with Gasteiger partial charge < -0.3 is 15.7 Å². The summed E-state index contributed by atoms with van der Waals surface area (Å²) < 4.78 is 26.7. The van der Waals surface area contributed by atoms with Gasteiger partial charge in [-0.2, -0.15) is 0 Å². The lowest BCUT2D eigenvalue weighted by molar-refractivity contribution is 0.0955. The molecule has 0 aromatic heterocycles. The van der Waals surface area contributed by atoms with Crippen LogP contribution >= 0.6 is 0 Å². The van der Waals surface area contributed by atoms with Crippen LogP contribution in [-0.4, -0.2) is 23.3 Å². The first-order valence-corrected chi connectivity index (χ1v) is 6.27. The third kappa shape index (κ3) is 3.41. The number of amides is 2. The molecule has 2 unspecified atom stereocenters. The molecule has 0 bridgehead atoms. The maximum atomic E-state index is 13.3. The van der Waals surface area contributed by atoms with Gasteiger partial charge in [0.1, 0.15) is 17.3 Å². The average molecular weight is 270 g/mol. The third-order valence-electron chi connectivity index (χ3n) is 3.25. The molecule has 3 N–H and O–H groups in total. The highest BCUT2D eigenvalue weighted by Crippen LogP contribution is 2.20. The van der Waals surface area contributed by atoms with Gasteiger partial charge in [0.2, 0.25) is 0 Å². The Morgan fingerprint density at radius 3 is 2.47 bits per heavy atom. The molecule has 1 aliphatic rings. The number of urea groups is 1. The molecule has 0 heterocycles. The van der Waals surface area contributed by atoms with E-state index in [1.165, 1.54) is 6.07 Å². The molecule has 0 saturated heterocycles. The van der Waals surface area contributed by atoms with E-state index in [2.05, 4.69) is 10.6 Å². The second-order valence-electron chi connectivity index (χ2n) is 4.65. The summed E-state index contributed by atoms with van der Waals surface area (Å²) in [6.45, 7) is 0. The van der Waals surface area contributed by atoms with Crippen molar-refractivity contribution < 1.29 is 18.7 Å². The zero-order chi connectivity index (χ0) is 13.8. The quantitative estimate of drug-likeness (QED) is 0.772. The van der Waals surface area contributed by atoms with Crippen molar-refractivity contribution >= 4 is 11.7 Å². The van der Waals surface area contributed by atoms with Crippen LogP contribution in [0.5, 0.6) is 0 Å². The number of halogens is 2. The molecule has 2 atom stereocenters. The first-order valence-electron chi connectivity index (χ1n) is 6.27. The summed E-state index contributed by atoms with van der Waals surface area (Å²) in [5.74, 6) is -1.67. The van der Waals surface area contributed by atoms with Crippen molar-refractivity contribution in [3.63, 3.8) is 0 Å². The van der Waals surface area contributed by atoms with E-state index in [4.69, 9.17) is 0 Å². The van der Waals surface area contributed by atoms with E-state index in [0.717, 1.165) is 25.0 Å². The number of para-hydroxylation sites is 1. The number of carbonyl (C=O) groups is 1. The predicted octanol–water partition coefficient (Wildman–Crippen LogP) is 2.39. The highest BCUT2D eigenvalue weighted by atomic mass is 19.1. The minimum Gasteiger partial charge on any atom is -0.391 e. The molecule has 1 fully saturated rings. The maximum Gasteiger partial charge on any atom is 0.319 e. The molecule has 1 saturated carbocycles. The molecular weight excluding hydrogens is 254 g/mol. The zero-order valence-electron chi connectivity index (χ0n) is 10.3. The number of benzene rings is 1. The molecule has 0 aliphatic heterocycles. The van der Waals surface area contributed by atoms with Gasteiger partial charge in [0.15, 0.2) is 0 Å². The van der Waals surface area contributed by atoms with Crippen LogP contribution in [0, 0.1) is 11.6 Å². The van der Waals surface area contributed by atoms with E-state index in [1.807, 2.05) is 0 Å². The molecule has 4 nitrogen and oxygen atoms in total. The van der Waals surface area contributed by atoms with Crippen molar-refractivity contribution in [1.29, 1.82) is 0 Å². The van der Waals surface area contributed by atoms with Crippen LogP contribution in [0.2, 0.25) is 0 Å². The monoisotopic (exact) mass is 270 g/mol. The predicted molar refractivity (Wildman–Crippen MR) is 66.8 cm³/mol. The molecule has 6 heteroatoms. The summed E-state index contributed by atoms with van der Waals surface area (Å²) >= 11 is 0. The number of nitrogens with one attached hydrogen (secondary N) is 2. The van der Waals surface area contributed by atoms with Gasteiger partial charge in [-0.05, 0) is 25.0 Å². The van der Waals surface area contributed by atoms with Gasteiger partial charge in [0.25, 0.3) is 0 Å². The molecule has 0 spiro atoms. The van der Waals surface area contributed by atoms with Crippen LogP contribution in [0.4, 0.5) is 19.3 Å². The highest BCUT2D eigenvalue weighted by Gasteiger charge is 2.25. The summed E-state index contributed by atoms with van der Waals surface area (Å²) in [5, 5.41) is 14.4. The van der Waals surface area contributed by atoms with Crippen molar-refractivity contribution in [3.8, 4) is 0 Å². The number of hydrogen-bond donors (Lipinski definition) is 3. The van der Waals surface area contributed by atoms with Crippen LogP contribution in [0.15, 0.2) is 18.2 Å². The van der Waals surface area contributed by atoms with Crippen molar-refractivity contribution in [3.05, 3.63) is 29.8 Å². The van der Waals surface area contributed by atoms with Gasteiger partial charge in [-0.25, -0.2) is 13.6 Å². The lowest BCUT2D eigenvalue weighted by atomic mass is 9.93. The number of anilines is 1. The second-order valence-corrected chi connectivity index (χ2v) is 4.65. The van der Waals surface area contributed by atoms with E-state index in [0.29, 0.717) is 12.8 Å². The molecular formula is C13H16F2N2O2. The summed E-state index contributed by atoms with van der Waals surface area (Å²) in [6.07, 6.45) is 2.51. The summed E-state index contributed by atoms with van der Waals surface area (Å²) in [7, 11) is 0. The van der Waals surface area contributed by atoms with Crippen molar-refractivity contribution in [2.45, 2.75) is 37.8 Å². The maximum absolute atomic E-state index is 13.3. The Morgan fingerprint density at radius 1 is 1.21 bits per heavy atom. The lowest BCUT2D eigenvalue weighted by Gasteiger charge is -2.28. The highest BCUT2D eigenvalue weighted by molar-refractivity contribution is 5.89. The van der Waals surface area contributed by atoms with E-state index in [1.54, 1.807) is 0 Å². The first-order chi connectivity index (χ1) is 9.08. The molecule has 2 rings (SSSR count). The van der Waals surface area contributed by atoms with Crippen LogP contribution in [0.3, 0.4) is 0 Å². The molecule has 1 aromatic rings. The Morgan fingerprint density at radius 2 is 1.84 bits per heavy atom. The number of carbonyl (C=O) groups excluding carboxylic acids is 1. The number of hydrogen-bond acceptors (Lipinski definition) is 2. The molecule has 1 aliphatic carbocycles. The second kappa shape index (κ2) is 5.97. The van der Waals surface area contributed by atoms with Crippen LogP contribution in [0.25, 0.3) is 0 Å². The minimum absolute atomic E-state index is 0.372. The topological polar surface area (TPSA) is 61.4 Å². The molecule has 2 amide bonds. The smallest absolute Gasteiger partial charge is 0.319 e. The van der Waals surface area contributed by atoms with Gasteiger partial charge in [-0.15, -0.1) is 0 Å². The van der Waals surface area contributed by atoms with Crippen molar-refractivity contribution in [2.24, 2.45) is 0 Å². The minimum atomic E-state index is -0.834. The van der Waals surface area contributed by atoms with E-state index >= 15 is 0 Å². The lowest BCUT2D eigenvalue weighted by Crippen LogP contribution is -2.46. The zero-order valence-corrected chi connectivity index (χ0v) is 10.3. The third-order valence-corrected chi connectivity index (χ3v) is 3.25. The summed E-state index contributed by atoms with van der Waals surface area (Å²) in [5.41, 5.74) is -0.481. The Kier molecular flexibility index (Phi) is 4.31. The van der Waals surface area contributed by atoms with Gasteiger partial charge in [0, 0.05) is 0 Å². The molecule has 0 radical (unpaired) electrons.